The second-order valence-electron chi connectivity index (χ2n) is 5.74. The second kappa shape index (κ2) is 7.21. The molecular weight excluding hydrogens is 402 g/mol. The van der Waals surface area contributed by atoms with Crippen molar-refractivity contribution >= 4 is 39.5 Å². The van der Waals surface area contributed by atoms with E-state index in [-0.39, 0.29) is 16.9 Å². The lowest BCUT2D eigenvalue weighted by Gasteiger charge is -2.20. The van der Waals surface area contributed by atoms with Crippen LogP contribution >= 0.6 is 15.9 Å². The van der Waals surface area contributed by atoms with Gasteiger partial charge in [0.15, 0.2) is 12.4 Å². The van der Waals surface area contributed by atoms with Gasteiger partial charge in [0.2, 0.25) is 0 Å². The van der Waals surface area contributed by atoms with Crippen LogP contribution in [0.15, 0.2) is 53.0 Å². The Morgan fingerprint density at radius 2 is 1.54 bits per heavy atom. The lowest BCUT2D eigenvalue weighted by Crippen LogP contribution is -2.44. The van der Waals surface area contributed by atoms with E-state index in [9.17, 15) is 19.2 Å². The maximum atomic E-state index is 12.4. The molecule has 3 rings (SSSR count). The zero-order chi connectivity index (χ0) is 18.8. The van der Waals surface area contributed by atoms with E-state index >= 15 is 0 Å². The fraction of sp³-hybridized carbons (Fsp3) is 0.158. The van der Waals surface area contributed by atoms with Crippen molar-refractivity contribution in [2.24, 2.45) is 0 Å². The fourth-order valence-corrected chi connectivity index (χ4v) is 2.91. The van der Waals surface area contributed by atoms with E-state index in [4.69, 9.17) is 4.74 Å². The van der Waals surface area contributed by atoms with Gasteiger partial charge in [0, 0.05) is 10.0 Å². The Morgan fingerprint density at radius 1 is 1.00 bits per heavy atom. The summed E-state index contributed by atoms with van der Waals surface area (Å²) in [6.45, 7) is 0.933. The summed E-state index contributed by atoms with van der Waals surface area (Å²) >= 11 is 3.27. The smallest absolute Gasteiger partial charge is 0.329 e. The molecule has 1 aliphatic heterocycles. The number of halogens is 1. The van der Waals surface area contributed by atoms with Crippen LogP contribution < -0.4 is 0 Å². The van der Waals surface area contributed by atoms with Crippen molar-refractivity contribution in [2.45, 2.75) is 13.0 Å². The van der Waals surface area contributed by atoms with Crippen LogP contribution in [0.3, 0.4) is 0 Å². The Hall–Kier alpha value is -2.80. The Balaban J connectivity index is 1.65. The molecule has 0 fully saturated rings. The molecule has 26 heavy (non-hydrogen) atoms. The number of imide groups is 1. The summed E-state index contributed by atoms with van der Waals surface area (Å²) in [6.07, 6.45) is 0. The van der Waals surface area contributed by atoms with Gasteiger partial charge in [-0.15, -0.1) is 0 Å². The Morgan fingerprint density at radius 3 is 2.08 bits per heavy atom. The summed E-state index contributed by atoms with van der Waals surface area (Å²) in [4.78, 5) is 49.9. The minimum Gasteiger partial charge on any atom is -0.456 e. The van der Waals surface area contributed by atoms with Gasteiger partial charge >= 0.3 is 5.97 Å². The quantitative estimate of drug-likeness (QED) is 0.426. The van der Waals surface area contributed by atoms with Crippen molar-refractivity contribution < 1.29 is 23.9 Å². The minimum absolute atomic E-state index is 0.253. The third kappa shape index (κ3) is 3.30. The minimum atomic E-state index is -1.12. The SMILES string of the molecule is C[C@H](C(=O)OCC(=O)c1ccc(Br)cc1)N1C(=O)c2ccccc2C1=O. The first-order chi connectivity index (χ1) is 12.4. The van der Waals surface area contributed by atoms with Crippen molar-refractivity contribution in [3.8, 4) is 0 Å². The van der Waals surface area contributed by atoms with Crippen LogP contribution in [0.1, 0.15) is 38.0 Å². The standard InChI is InChI=1S/C19H14BrNO5/c1-11(21-17(23)14-4-2-3-5-15(14)18(21)24)19(25)26-10-16(22)12-6-8-13(20)9-7-12/h2-9,11H,10H2,1H3/t11-/m1/s1. The Labute approximate surface area is 157 Å². The van der Waals surface area contributed by atoms with Crippen molar-refractivity contribution in [1.82, 2.24) is 4.90 Å². The molecule has 7 heteroatoms. The molecule has 6 nitrogen and oxygen atoms in total. The molecule has 0 aliphatic carbocycles. The maximum absolute atomic E-state index is 12.4. The van der Waals surface area contributed by atoms with Crippen molar-refractivity contribution in [2.75, 3.05) is 6.61 Å². The van der Waals surface area contributed by atoms with Crippen LogP contribution in [-0.4, -0.2) is 41.1 Å². The predicted octanol–water partition coefficient (Wildman–Crippen LogP) is 2.86. The van der Waals surface area contributed by atoms with Crippen LogP contribution in [0, 0.1) is 0 Å². The van der Waals surface area contributed by atoms with Gasteiger partial charge in [0.25, 0.3) is 11.8 Å². The average Bonchev–Trinajstić information content (AvgIpc) is 2.90. The average molecular weight is 416 g/mol. The van der Waals surface area contributed by atoms with Gasteiger partial charge < -0.3 is 4.74 Å². The molecule has 0 bridgehead atoms. The first-order valence-electron chi connectivity index (χ1n) is 7.82. The predicted molar refractivity (Wildman–Crippen MR) is 95.8 cm³/mol. The second-order valence-corrected chi connectivity index (χ2v) is 6.66. The van der Waals surface area contributed by atoms with Gasteiger partial charge in [-0.2, -0.15) is 0 Å². The molecule has 0 N–H and O–H groups in total. The first-order valence-corrected chi connectivity index (χ1v) is 8.61. The summed E-state index contributed by atoms with van der Waals surface area (Å²) in [5.74, 6) is -2.28. The van der Waals surface area contributed by atoms with Crippen molar-refractivity contribution in [1.29, 1.82) is 0 Å². The number of ether oxygens (including phenoxy) is 1. The van der Waals surface area contributed by atoms with Gasteiger partial charge in [-0.05, 0) is 31.2 Å². The number of amides is 2. The summed E-state index contributed by atoms with van der Waals surface area (Å²) in [5, 5.41) is 0. The molecule has 0 radical (unpaired) electrons. The Bertz CT molecular complexity index is 871. The van der Waals surface area contributed by atoms with E-state index in [0.717, 1.165) is 9.37 Å². The largest absolute Gasteiger partial charge is 0.456 e. The first kappa shape index (κ1) is 18.0. The fourth-order valence-electron chi connectivity index (χ4n) is 2.64. The number of hydrogen-bond acceptors (Lipinski definition) is 5. The number of fused-ring (bicyclic) bond motifs is 1. The summed E-state index contributed by atoms with van der Waals surface area (Å²) < 4.78 is 5.84. The van der Waals surface area contributed by atoms with E-state index in [2.05, 4.69) is 15.9 Å². The molecule has 2 aromatic carbocycles. The number of esters is 1. The van der Waals surface area contributed by atoms with E-state index in [1.165, 1.54) is 19.1 Å². The zero-order valence-corrected chi connectivity index (χ0v) is 15.4. The van der Waals surface area contributed by atoms with E-state index in [1.54, 1.807) is 36.4 Å². The molecule has 132 valence electrons. The molecule has 1 atom stereocenters. The number of hydrogen-bond donors (Lipinski definition) is 0. The number of carbonyl (C=O) groups excluding carboxylic acids is 4. The van der Waals surface area contributed by atoms with Crippen LogP contribution in [0.25, 0.3) is 0 Å². The van der Waals surface area contributed by atoms with Crippen molar-refractivity contribution in [3.05, 3.63) is 69.7 Å². The highest BCUT2D eigenvalue weighted by atomic mass is 79.9. The van der Waals surface area contributed by atoms with E-state index in [0.29, 0.717) is 5.56 Å². The molecule has 2 amide bonds. The topological polar surface area (TPSA) is 80.8 Å². The summed E-state index contributed by atoms with van der Waals surface area (Å²) in [5.41, 5.74) is 0.903. The highest BCUT2D eigenvalue weighted by Crippen LogP contribution is 2.24. The number of ketones is 1. The summed E-state index contributed by atoms with van der Waals surface area (Å²) in [7, 11) is 0. The van der Waals surface area contributed by atoms with Gasteiger partial charge in [0.1, 0.15) is 6.04 Å². The van der Waals surface area contributed by atoms with Gasteiger partial charge in [-0.1, -0.05) is 40.2 Å². The zero-order valence-electron chi connectivity index (χ0n) is 13.8. The van der Waals surface area contributed by atoms with Crippen LogP contribution in [0.4, 0.5) is 0 Å². The van der Waals surface area contributed by atoms with Crippen LogP contribution in [-0.2, 0) is 9.53 Å². The number of rotatable bonds is 5. The van der Waals surface area contributed by atoms with E-state index < -0.39 is 30.4 Å². The number of benzene rings is 2. The highest BCUT2D eigenvalue weighted by molar-refractivity contribution is 9.10. The third-order valence-electron chi connectivity index (χ3n) is 4.07. The normalized spacial score (nSPS) is 14.2. The lowest BCUT2D eigenvalue weighted by atomic mass is 10.1. The van der Waals surface area contributed by atoms with Crippen LogP contribution in [0.2, 0.25) is 0 Å². The third-order valence-corrected chi connectivity index (χ3v) is 4.59. The van der Waals surface area contributed by atoms with E-state index in [1.807, 2.05) is 0 Å². The molecular formula is C19H14BrNO5. The molecule has 0 unspecified atom stereocenters. The van der Waals surface area contributed by atoms with Crippen LogP contribution in [0.5, 0.6) is 0 Å². The highest BCUT2D eigenvalue weighted by Gasteiger charge is 2.41. The molecule has 0 spiro atoms. The molecule has 2 aromatic rings. The maximum Gasteiger partial charge on any atom is 0.329 e. The lowest BCUT2D eigenvalue weighted by molar-refractivity contribution is -0.146. The summed E-state index contributed by atoms with van der Waals surface area (Å²) in [6, 6.07) is 11.9. The monoisotopic (exact) mass is 415 g/mol. The van der Waals surface area contributed by atoms with Gasteiger partial charge in [0.05, 0.1) is 11.1 Å². The van der Waals surface area contributed by atoms with Crippen molar-refractivity contribution in [3.63, 3.8) is 0 Å². The molecule has 1 aliphatic rings. The Kier molecular flexibility index (Phi) is 4.99. The molecule has 1 heterocycles. The number of carbonyl (C=O) groups is 4. The molecule has 0 aromatic heterocycles. The molecule has 0 saturated carbocycles. The number of nitrogens with zero attached hydrogens (tertiary/aromatic N) is 1. The molecule has 0 saturated heterocycles. The number of Topliss-reactive ketones (excluding diaryl/α,β-unsaturated/α-hetero) is 1. The van der Waals surface area contributed by atoms with Gasteiger partial charge in [-0.25, -0.2) is 4.79 Å². The van der Waals surface area contributed by atoms with Gasteiger partial charge in [-0.3, -0.25) is 19.3 Å².